The Bertz CT molecular complexity index is 1660. The second-order valence-corrected chi connectivity index (χ2v) is 11.8. The molecule has 1 fully saturated rings. The maximum Gasteiger partial charge on any atom is 0.263 e. The van der Waals surface area contributed by atoms with Crippen molar-refractivity contribution in [3.63, 3.8) is 0 Å². The molecule has 214 valence electrons. The number of aromatic nitrogens is 2. The molecule has 2 heterocycles. The molecule has 41 heavy (non-hydrogen) atoms. The summed E-state index contributed by atoms with van der Waals surface area (Å²) in [6, 6.07) is 18.0. The van der Waals surface area contributed by atoms with Crippen LogP contribution in [0, 0.1) is 0 Å². The number of benzene rings is 3. The third kappa shape index (κ3) is 7.05. The second kappa shape index (κ2) is 12.7. The zero-order chi connectivity index (χ0) is 28.8. The van der Waals surface area contributed by atoms with Crippen molar-refractivity contribution in [2.24, 2.45) is 0 Å². The lowest BCUT2D eigenvalue weighted by molar-refractivity contribution is 0.0952. The quantitative estimate of drug-likeness (QED) is 0.206. The van der Waals surface area contributed by atoms with E-state index >= 15 is 0 Å². The standard InChI is InChI=1S/C29H31ClN6O4S/c1-40-21-12-13-23(30)26(19-21)34-27-28(33-25-11-3-2-10-24(25)32-27)35-41(38,39)22-9-6-8-20(18-22)29(37)31-14-7-17-36-15-4-5-16-36/h2-3,6,8-13,18-19H,4-5,7,14-17H2,1H3,(H,31,37)(H,32,34)(H,33,35). The molecular weight excluding hydrogens is 564 g/mol. The number of hydrogen-bond acceptors (Lipinski definition) is 8. The molecular formula is C29H31ClN6O4S. The van der Waals surface area contributed by atoms with E-state index in [-0.39, 0.29) is 28.0 Å². The predicted molar refractivity (Wildman–Crippen MR) is 161 cm³/mol. The Labute approximate surface area is 244 Å². The topological polar surface area (TPSA) is 126 Å². The fourth-order valence-electron chi connectivity index (χ4n) is 4.62. The highest BCUT2D eigenvalue weighted by Gasteiger charge is 2.21. The van der Waals surface area contributed by atoms with E-state index < -0.39 is 10.0 Å². The third-order valence-corrected chi connectivity index (χ3v) is 8.44. The molecule has 3 N–H and O–H groups in total. The first kappa shape index (κ1) is 28.6. The minimum absolute atomic E-state index is 0.0284. The van der Waals surface area contributed by atoms with Gasteiger partial charge in [-0.15, -0.1) is 0 Å². The molecule has 1 amide bonds. The van der Waals surface area contributed by atoms with Crippen LogP contribution in [0.2, 0.25) is 5.02 Å². The van der Waals surface area contributed by atoms with Gasteiger partial charge in [-0.25, -0.2) is 18.4 Å². The van der Waals surface area contributed by atoms with E-state index in [0.717, 1.165) is 26.1 Å². The molecule has 1 aromatic heterocycles. The molecule has 0 saturated carbocycles. The van der Waals surface area contributed by atoms with Gasteiger partial charge in [0.15, 0.2) is 11.6 Å². The van der Waals surface area contributed by atoms with Crippen LogP contribution < -0.4 is 20.1 Å². The Hall–Kier alpha value is -3.93. The normalized spacial score (nSPS) is 13.7. The van der Waals surface area contributed by atoms with Gasteiger partial charge >= 0.3 is 0 Å². The molecule has 5 rings (SSSR count). The van der Waals surface area contributed by atoms with Crippen LogP contribution in [0.25, 0.3) is 11.0 Å². The number of nitrogens with one attached hydrogen (secondary N) is 3. The van der Waals surface area contributed by atoms with Gasteiger partial charge < -0.3 is 20.3 Å². The Kier molecular flexibility index (Phi) is 8.87. The number of likely N-dealkylation sites (tertiary alicyclic amines) is 1. The lowest BCUT2D eigenvalue weighted by atomic mass is 10.2. The number of carbonyl (C=O) groups is 1. The monoisotopic (exact) mass is 594 g/mol. The van der Waals surface area contributed by atoms with Gasteiger partial charge in [-0.3, -0.25) is 9.52 Å². The van der Waals surface area contributed by atoms with Crippen molar-refractivity contribution in [2.45, 2.75) is 24.2 Å². The summed E-state index contributed by atoms with van der Waals surface area (Å²) >= 11 is 6.38. The molecule has 4 aromatic rings. The van der Waals surface area contributed by atoms with Crippen molar-refractivity contribution in [1.82, 2.24) is 20.2 Å². The van der Waals surface area contributed by atoms with Crippen LogP contribution in [0.1, 0.15) is 29.6 Å². The van der Waals surface area contributed by atoms with Gasteiger partial charge in [-0.2, -0.15) is 0 Å². The third-order valence-electron chi connectivity index (χ3n) is 6.77. The van der Waals surface area contributed by atoms with Gasteiger partial charge in [0.05, 0.1) is 33.7 Å². The van der Waals surface area contributed by atoms with Crippen LogP contribution >= 0.6 is 11.6 Å². The van der Waals surface area contributed by atoms with Crippen molar-refractivity contribution in [1.29, 1.82) is 0 Å². The molecule has 3 aromatic carbocycles. The van der Waals surface area contributed by atoms with E-state index in [9.17, 15) is 13.2 Å². The highest BCUT2D eigenvalue weighted by Crippen LogP contribution is 2.32. The van der Waals surface area contributed by atoms with Gasteiger partial charge in [0.1, 0.15) is 5.75 Å². The first-order valence-electron chi connectivity index (χ1n) is 13.3. The Morgan fingerprint density at radius 3 is 2.44 bits per heavy atom. The minimum atomic E-state index is -4.15. The SMILES string of the molecule is COc1ccc(Cl)c(Nc2nc3ccccc3nc2NS(=O)(=O)c2cccc(C(=O)NCCCN3CCCC3)c2)c1. The van der Waals surface area contributed by atoms with Crippen molar-refractivity contribution in [2.75, 3.05) is 43.3 Å². The molecule has 0 atom stereocenters. The highest BCUT2D eigenvalue weighted by molar-refractivity contribution is 7.92. The largest absolute Gasteiger partial charge is 0.497 e. The van der Waals surface area contributed by atoms with E-state index in [1.807, 2.05) is 6.07 Å². The molecule has 0 spiro atoms. The summed E-state index contributed by atoms with van der Waals surface area (Å²) in [4.78, 5) is 24.2. The Morgan fingerprint density at radius 1 is 0.976 bits per heavy atom. The zero-order valence-electron chi connectivity index (χ0n) is 22.6. The van der Waals surface area contributed by atoms with Crippen molar-refractivity contribution >= 4 is 55.9 Å². The lowest BCUT2D eigenvalue weighted by Gasteiger charge is -2.15. The number of amides is 1. The van der Waals surface area contributed by atoms with Crippen LogP contribution in [-0.2, 0) is 10.0 Å². The molecule has 0 aliphatic carbocycles. The maximum atomic E-state index is 13.5. The molecule has 10 nitrogen and oxygen atoms in total. The first-order valence-corrected chi connectivity index (χ1v) is 15.2. The van der Waals surface area contributed by atoms with Crippen LogP contribution in [0.3, 0.4) is 0 Å². The molecule has 1 saturated heterocycles. The lowest BCUT2D eigenvalue weighted by Crippen LogP contribution is -2.28. The first-order chi connectivity index (χ1) is 19.8. The van der Waals surface area contributed by atoms with E-state index in [1.54, 1.807) is 42.5 Å². The number of anilines is 3. The average molecular weight is 595 g/mol. The van der Waals surface area contributed by atoms with E-state index in [2.05, 4.69) is 30.2 Å². The second-order valence-electron chi connectivity index (χ2n) is 9.67. The van der Waals surface area contributed by atoms with E-state index in [4.69, 9.17) is 16.3 Å². The van der Waals surface area contributed by atoms with Crippen molar-refractivity contribution < 1.29 is 17.9 Å². The van der Waals surface area contributed by atoms with Gasteiger partial charge in [0, 0.05) is 18.2 Å². The number of ether oxygens (including phenoxy) is 1. The van der Waals surface area contributed by atoms with Crippen LogP contribution in [0.5, 0.6) is 5.75 Å². The number of hydrogen-bond donors (Lipinski definition) is 3. The van der Waals surface area contributed by atoms with Crippen LogP contribution in [0.4, 0.5) is 17.3 Å². The molecule has 0 radical (unpaired) electrons. The summed E-state index contributed by atoms with van der Waals surface area (Å²) in [6.45, 7) is 3.65. The summed E-state index contributed by atoms with van der Waals surface area (Å²) in [5, 5.41) is 6.35. The molecule has 1 aliphatic heterocycles. The smallest absolute Gasteiger partial charge is 0.263 e. The number of fused-ring (bicyclic) bond motifs is 1. The Balaban J connectivity index is 1.37. The van der Waals surface area contributed by atoms with E-state index in [1.165, 1.54) is 38.2 Å². The van der Waals surface area contributed by atoms with Crippen molar-refractivity contribution in [3.8, 4) is 5.75 Å². The fourth-order valence-corrected chi connectivity index (χ4v) is 5.84. The number of sulfonamides is 1. The Morgan fingerprint density at radius 2 is 1.71 bits per heavy atom. The maximum absolute atomic E-state index is 13.5. The van der Waals surface area contributed by atoms with Gasteiger partial charge in [-0.05, 0) is 81.4 Å². The van der Waals surface area contributed by atoms with Crippen LogP contribution in [0.15, 0.2) is 71.6 Å². The molecule has 1 aliphatic rings. The number of halogens is 1. The van der Waals surface area contributed by atoms with Crippen LogP contribution in [-0.4, -0.2) is 62.5 Å². The average Bonchev–Trinajstić information content (AvgIpc) is 3.50. The summed E-state index contributed by atoms with van der Waals surface area (Å²) < 4.78 is 34.8. The summed E-state index contributed by atoms with van der Waals surface area (Å²) in [5.74, 6) is 0.344. The number of methoxy groups -OCH3 is 1. The number of carbonyl (C=O) groups excluding carboxylic acids is 1. The van der Waals surface area contributed by atoms with Gasteiger partial charge in [-0.1, -0.05) is 29.8 Å². The summed E-state index contributed by atoms with van der Waals surface area (Å²) in [6.07, 6.45) is 3.27. The fraction of sp³-hybridized carbons (Fsp3) is 0.276. The van der Waals surface area contributed by atoms with Crippen molar-refractivity contribution in [3.05, 3.63) is 77.3 Å². The molecule has 0 bridgehead atoms. The number of rotatable bonds is 11. The molecule has 12 heteroatoms. The summed E-state index contributed by atoms with van der Waals surface area (Å²) in [5.41, 5.74) is 1.76. The number of nitrogens with zero attached hydrogens (tertiary/aromatic N) is 3. The minimum Gasteiger partial charge on any atom is -0.497 e. The highest BCUT2D eigenvalue weighted by atomic mass is 35.5. The van der Waals surface area contributed by atoms with Gasteiger partial charge in [0.2, 0.25) is 0 Å². The summed E-state index contributed by atoms with van der Waals surface area (Å²) in [7, 11) is -2.62. The van der Waals surface area contributed by atoms with E-state index in [0.29, 0.717) is 34.0 Å². The van der Waals surface area contributed by atoms with Gasteiger partial charge in [0.25, 0.3) is 15.9 Å². The zero-order valence-corrected chi connectivity index (χ0v) is 24.1. The molecule has 0 unspecified atom stereocenters. The number of para-hydroxylation sites is 2. The predicted octanol–water partition coefficient (Wildman–Crippen LogP) is 5.05.